The van der Waals surface area contributed by atoms with Crippen LogP contribution in [0.2, 0.25) is 0 Å². The second-order valence-electron chi connectivity index (χ2n) is 7.60. The number of aliphatic hydroxyl groups excluding tert-OH is 1. The second kappa shape index (κ2) is 7.67. The van der Waals surface area contributed by atoms with Crippen LogP contribution in [-0.4, -0.2) is 37.4 Å². The van der Waals surface area contributed by atoms with Crippen LogP contribution >= 0.6 is 0 Å². The lowest BCUT2D eigenvalue weighted by Crippen LogP contribution is -2.05. The number of hydrogen-bond acceptors (Lipinski definition) is 6. The topological polar surface area (TPSA) is 94.0 Å². The fraction of sp³-hybridized carbons (Fsp3) is 0.429. The fourth-order valence-corrected chi connectivity index (χ4v) is 3.72. The van der Waals surface area contributed by atoms with Gasteiger partial charge in [-0.2, -0.15) is 10.1 Å². The number of carbonyl (C=O) groups is 1. The van der Waals surface area contributed by atoms with Crippen LogP contribution in [0.5, 0.6) is 0 Å². The lowest BCUT2D eigenvalue weighted by Gasteiger charge is -2.10. The first-order valence-electron chi connectivity index (χ1n) is 9.68. The lowest BCUT2D eigenvalue weighted by molar-refractivity contribution is 0.0973. The van der Waals surface area contributed by atoms with Crippen molar-refractivity contribution in [1.29, 1.82) is 0 Å². The molecule has 0 radical (unpaired) electrons. The van der Waals surface area contributed by atoms with Crippen molar-refractivity contribution in [1.82, 2.24) is 19.9 Å². The average molecular weight is 380 g/mol. The highest BCUT2D eigenvalue weighted by Crippen LogP contribution is 2.38. The van der Waals surface area contributed by atoms with Gasteiger partial charge in [-0.15, -0.1) is 0 Å². The van der Waals surface area contributed by atoms with Crippen molar-refractivity contribution in [2.45, 2.75) is 51.5 Å². The number of rotatable bonds is 7. The highest BCUT2D eigenvalue weighted by molar-refractivity contribution is 5.96. The minimum Gasteiger partial charge on any atom is -0.394 e. The van der Waals surface area contributed by atoms with Crippen molar-refractivity contribution >= 4 is 5.78 Å². The minimum atomic E-state index is 0.00663. The fourth-order valence-electron chi connectivity index (χ4n) is 3.72. The summed E-state index contributed by atoms with van der Waals surface area (Å²) in [5.41, 5.74) is 4.03. The summed E-state index contributed by atoms with van der Waals surface area (Å²) in [6.07, 6.45) is 5.66. The molecule has 1 aromatic carbocycles. The molecule has 1 atom stereocenters. The summed E-state index contributed by atoms with van der Waals surface area (Å²) in [6.45, 7) is 4.45. The molecule has 2 heterocycles. The third-order valence-corrected chi connectivity index (χ3v) is 5.25. The molecule has 0 amide bonds. The number of ketones is 1. The van der Waals surface area contributed by atoms with Crippen LogP contribution in [0, 0.1) is 0 Å². The monoisotopic (exact) mass is 380 g/mol. The summed E-state index contributed by atoms with van der Waals surface area (Å²) < 4.78 is 6.91. The maximum Gasteiger partial charge on any atom is 0.229 e. The molecule has 1 aliphatic carbocycles. The summed E-state index contributed by atoms with van der Waals surface area (Å²) in [7, 11) is 0. The zero-order chi connectivity index (χ0) is 19.7. The van der Waals surface area contributed by atoms with Crippen molar-refractivity contribution in [2.24, 2.45) is 0 Å². The first kappa shape index (κ1) is 18.6. The number of aliphatic hydroxyl groups is 1. The van der Waals surface area contributed by atoms with Crippen LogP contribution in [0.3, 0.4) is 0 Å². The van der Waals surface area contributed by atoms with Gasteiger partial charge in [0.25, 0.3) is 0 Å². The average Bonchev–Trinajstić information content (AvgIpc) is 3.41. The second-order valence-corrected chi connectivity index (χ2v) is 7.60. The molecule has 2 aromatic heterocycles. The first-order chi connectivity index (χ1) is 13.5. The van der Waals surface area contributed by atoms with E-state index in [2.05, 4.69) is 27.4 Å². The standard InChI is InChI=1S/C21H24N4O3/c1-13(2)21-23-20(24-28-21)16-5-6-18-14(9-16)3-4-15(18)10-19(27)17-11-22-25(12-17)7-8-26/h5-6,9,11-13,15,26H,3-4,7-8,10H2,1-2H3/t15-/m0/s1. The third-order valence-electron chi connectivity index (χ3n) is 5.25. The van der Waals surface area contributed by atoms with Crippen LogP contribution in [0.4, 0.5) is 0 Å². The predicted octanol–water partition coefficient (Wildman–Crippen LogP) is 3.35. The van der Waals surface area contributed by atoms with Gasteiger partial charge in [0.05, 0.1) is 24.9 Å². The molecule has 0 unspecified atom stereocenters. The molecular weight excluding hydrogens is 356 g/mol. The van der Waals surface area contributed by atoms with Gasteiger partial charge in [0.1, 0.15) is 0 Å². The minimum absolute atomic E-state index is 0.00663. The van der Waals surface area contributed by atoms with Crippen LogP contribution in [0.15, 0.2) is 35.1 Å². The number of carbonyl (C=O) groups excluding carboxylic acids is 1. The van der Waals surface area contributed by atoms with Crippen molar-refractivity contribution < 1.29 is 14.4 Å². The van der Waals surface area contributed by atoms with E-state index in [0.717, 1.165) is 18.4 Å². The molecule has 0 saturated heterocycles. The number of aryl methyl sites for hydroxylation is 1. The third kappa shape index (κ3) is 3.62. The van der Waals surface area contributed by atoms with E-state index in [4.69, 9.17) is 9.63 Å². The zero-order valence-corrected chi connectivity index (χ0v) is 16.1. The zero-order valence-electron chi connectivity index (χ0n) is 16.1. The van der Waals surface area contributed by atoms with Crippen molar-refractivity contribution in [3.05, 3.63) is 53.2 Å². The van der Waals surface area contributed by atoms with E-state index in [0.29, 0.717) is 30.2 Å². The molecule has 7 heteroatoms. The molecule has 0 saturated carbocycles. The van der Waals surface area contributed by atoms with E-state index in [9.17, 15) is 4.79 Å². The van der Waals surface area contributed by atoms with E-state index >= 15 is 0 Å². The Balaban J connectivity index is 1.49. The van der Waals surface area contributed by atoms with Crippen LogP contribution in [0.1, 0.15) is 65.9 Å². The van der Waals surface area contributed by atoms with Gasteiger partial charge in [-0.05, 0) is 36.0 Å². The largest absolute Gasteiger partial charge is 0.394 e. The van der Waals surface area contributed by atoms with E-state index in [1.54, 1.807) is 17.1 Å². The molecule has 146 valence electrons. The maximum absolute atomic E-state index is 12.6. The van der Waals surface area contributed by atoms with Crippen molar-refractivity contribution in [3.63, 3.8) is 0 Å². The quantitative estimate of drug-likeness (QED) is 0.632. The van der Waals surface area contributed by atoms with E-state index < -0.39 is 0 Å². The Morgan fingerprint density at radius 3 is 3.00 bits per heavy atom. The number of fused-ring (bicyclic) bond motifs is 1. The molecule has 7 nitrogen and oxygen atoms in total. The molecule has 0 fully saturated rings. The van der Waals surface area contributed by atoms with Gasteiger partial charge in [-0.1, -0.05) is 31.1 Å². The van der Waals surface area contributed by atoms with Gasteiger partial charge in [0.15, 0.2) is 5.78 Å². The van der Waals surface area contributed by atoms with Gasteiger partial charge >= 0.3 is 0 Å². The van der Waals surface area contributed by atoms with Crippen LogP contribution in [-0.2, 0) is 13.0 Å². The highest BCUT2D eigenvalue weighted by Gasteiger charge is 2.26. The Kier molecular flexibility index (Phi) is 5.09. The van der Waals surface area contributed by atoms with Gasteiger partial charge in [0.2, 0.25) is 11.7 Å². The van der Waals surface area contributed by atoms with Gasteiger partial charge < -0.3 is 9.63 Å². The van der Waals surface area contributed by atoms with Gasteiger partial charge in [-0.25, -0.2) is 0 Å². The number of aromatic nitrogens is 4. The predicted molar refractivity (Wildman–Crippen MR) is 103 cm³/mol. The molecule has 1 N–H and O–H groups in total. The summed E-state index contributed by atoms with van der Waals surface area (Å²) in [5, 5.41) is 17.2. The molecule has 0 aliphatic heterocycles. The summed E-state index contributed by atoms with van der Waals surface area (Å²) >= 11 is 0. The highest BCUT2D eigenvalue weighted by atomic mass is 16.5. The van der Waals surface area contributed by atoms with Gasteiger partial charge in [0, 0.05) is 24.1 Å². The number of hydrogen-bond donors (Lipinski definition) is 1. The molecule has 1 aliphatic rings. The summed E-state index contributed by atoms with van der Waals surface area (Å²) in [5.74, 6) is 1.76. The smallest absolute Gasteiger partial charge is 0.229 e. The molecule has 3 aromatic rings. The number of Topliss-reactive ketones (excluding diaryl/α,β-unsaturated/α-hetero) is 1. The van der Waals surface area contributed by atoms with E-state index in [1.165, 1.54) is 11.1 Å². The molecule has 0 spiro atoms. The number of benzene rings is 1. The number of nitrogens with zero attached hydrogens (tertiary/aromatic N) is 4. The molecule has 28 heavy (non-hydrogen) atoms. The normalized spacial score (nSPS) is 15.9. The Morgan fingerprint density at radius 2 is 2.25 bits per heavy atom. The Labute approximate surface area is 163 Å². The van der Waals surface area contributed by atoms with Crippen molar-refractivity contribution in [2.75, 3.05) is 6.61 Å². The van der Waals surface area contributed by atoms with E-state index in [-0.39, 0.29) is 24.2 Å². The van der Waals surface area contributed by atoms with Crippen LogP contribution < -0.4 is 0 Å². The van der Waals surface area contributed by atoms with E-state index in [1.807, 2.05) is 19.9 Å². The molecule has 0 bridgehead atoms. The first-order valence-corrected chi connectivity index (χ1v) is 9.68. The van der Waals surface area contributed by atoms with Gasteiger partial charge in [-0.3, -0.25) is 9.48 Å². The molecule has 4 rings (SSSR count). The summed E-state index contributed by atoms with van der Waals surface area (Å²) in [4.78, 5) is 17.1. The maximum atomic E-state index is 12.6. The van der Waals surface area contributed by atoms with Crippen LogP contribution in [0.25, 0.3) is 11.4 Å². The Morgan fingerprint density at radius 1 is 1.39 bits per heavy atom. The Bertz CT molecular complexity index is 989. The van der Waals surface area contributed by atoms with Crippen molar-refractivity contribution in [3.8, 4) is 11.4 Å². The SMILES string of the molecule is CC(C)c1nc(-c2ccc3c(c2)CC[C@H]3CC(=O)c2cnn(CCO)c2)no1. The Hall–Kier alpha value is -2.80. The summed E-state index contributed by atoms with van der Waals surface area (Å²) in [6, 6.07) is 6.22. The lowest BCUT2D eigenvalue weighted by atomic mass is 9.93. The molecular formula is C21H24N4O3.